The number of anilines is 1. The molecule has 2 aromatic heterocycles. The van der Waals surface area contributed by atoms with Crippen molar-refractivity contribution in [3.05, 3.63) is 115 Å². The number of halogens is 2. The summed E-state index contributed by atoms with van der Waals surface area (Å²) in [5.74, 6) is -0.141. The maximum Gasteiger partial charge on any atom is 0.263 e. The summed E-state index contributed by atoms with van der Waals surface area (Å²) in [5.41, 5.74) is 4.93. The van der Waals surface area contributed by atoms with E-state index < -0.39 is 0 Å². The molecule has 6 rings (SSSR count). The molecule has 5 aromatic rings. The normalized spacial score (nSPS) is 15.1. The molecule has 0 radical (unpaired) electrons. The van der Waals surface area contributed by atoms with E-state index in [2.05, 4.69) is 20.6 Å². The van der Waals surface area contributed by atoms with Gasteiger partial charge in [0.2, 0.25) is 5.95 Å². The Morgan fingerprint density at radius 3 is 2.50 bits per heavy atom. The van der Waals surface area contributed by atoms with Crippen LogP contribution >= 0.6 is 23.2 Å². The number of rotatable bonds is 6. The zero-order chi connectivity index (χ0) is 31.1. The van der Waals surface area contributed by atoms with E-state index in [0.717, 1.165) is 16.6 Å². The van der Waals surface area contributed by atoms with Gasteiger partial charge in [-0.05, 0) is 80.4 Å². The minimum Gasteiger partial charge on any atom is -0.355 e. The third kappa shape index (κ3) is 5.42. The van der Waals surface area contributed by atoms with Gasteiger partial charge in [-0.25, -0.2) is 14.5 Å². The number of H-pyrrole nitrogens is 1. The van der Waals surface area contributed by atoms with Crippen molar-refractivity contribution in [2.45, 2.75) is 38.9 Å². The van der Waals surface area contributed by atoms with Crippen LogP contribution in [0.4, 0.5) is 5.95 Å². The molecule has 0 fully saturated rings. The van der Waals surface area contributed by atoms with Crippen molar-refractivity contribution in [3.8, 4) is 5.69 Å². The molecule has 0 bridgehead atoms. The summed E-state index contributed by atoms with van der Waals surface area (Å²) in [6, 6.07) is 16.9. The molecule has 224 valence electrons. The molecule has 1 aliphatic heterocycles. The molecule has 2 atom stereocenters. The predicted octanol–water partition coefficient (Wildman–Crippen LogP) is 5.54. The van der Waals surface area contributed by atoms with Gasteiger partial charge in [0.05, 0.1) is 51.4 Å². The lowest BCUT2D eigenvalue weighted by atomic mass is 9.98. The topological polar surface area (TPSA) is 125 Å². The summed E-state index contributed by atoms with van der Waals surface area (Å²) in [5, 5.41) is 6.69. The van der Waals surface area contributed by atoms with Crippen LogP contribution in [0, 0.1) is 0 Å². The number of nitrogens with zero attached hydrogens (tertiary/aromatic N) is 4. The summed E-state index contributed by atoms with van der Waals surface area (Å²) in [4.78, 5) is 54.0. The smallest absolute Gasteiger partial charge is 0.263 e. The van der Waals surface area contributed by atoms with Gasteiger partial charge in [-0.2, -0.15) is 0 Å². The average Bonchev–Trinajstić information content (AvgIpc) is 3.50. The summed E-state index contributed by atoms with van der Waals surface area (Å²) >= 11 is 12.3. The van der Waals surface area contributed by atoms with E-state index >= 15 is 0 Å². The molecule has 44 heavy (non-hydrogen) atoms. The Morgan fingerprint density at radius 2 is 1.77 bits per heavy atom. The molecule has 3 heterocycles. The van der Waals surface area contributed by atoms with Gasteiger partial charge in [0.25, 0.3) is 17.4 Å². The molecule has 1 aliphatic rings. The van der Waals surface area contributed by atoms with Crippen LogP contribution in [-0.2, 0) is 13.0 Å². The first kappa shape index (κ1) is 29.4. The molecule has 0 saturated carbocycles. The highest BCUT2D eigenvalue weighted by atomic mass is 35.5. The zero-order valence-corrected chi connectivity index (χ0v) is 25.7. The highest BCUT2D eigenvalue weighted by Crippen LogP contribution is 2.29. The Morgan fingerprint density at radius 1 is 1.02 bits per heavy atom. The molecule has 3 N–H and O–H groups in total. The van der Waals surface area contributed by atoms with E-state index in [4.69, 9.17) is 28.2 Å². The molecule has 10 nitrogen and oxygen atoms in total. The van der Waals surface area contributed by atoms with Crippen molar-refractivity contribution in [1.29, 1.82) is 0 Å². The maximum atomic E-state index is 14.2. The molecule has 2 amide bonds. The standard InChI is InChI=1S/C32H29Cl2N7O3/c1-17-12-23-28(15-40(17)30(43)21-6-10-24(33)25(34)13-21)39-32(38-18(2)20-7-11-26-27(14-20)37-16-36-26)41(31(23)44)22-8-4-19(5-9-22)29(42)35-3/h4-11,13-14,16-18H,12,15H2,1-3H3,(H,35,42)(H,36,37)(H,38,39)/t17-,18?/m1/s1. The molecular weight excluding hydrogens is 601 g/mol. The number of amides is 2. The van der Waals surface area contributed by atoms with Crippen LogP contribution in [0.2, 0.25) is 10.0 Å². The lowest BCUT2D eigenvalue weighted by Gasteiger charge is -2.35. The number of hydrogen-bond acceptors (Lipinski definition) is 6. The Kier molecular flexibility index (Phi) is 7.87. The minimum atomic E-state index is -0.276. The summed E-state index contributed by atoms with van der Waals surface area (Å²) < 4.78 is 1.53. The number of benzene rings is 3. The van der Waals surface area contributed by atoms with E-state index in [1.54, 1.807) is 60.7 Å². The largest absolute Gasteiger partial charge is 0.355 e. The van der Waals surface area contributed by atoms with Crippen LogP contribution in [-0.4, -0.2) is 49.3 Å². The lowest BCUT2D eigenvalue weighted by Crippen LogP contribution is -2.46. The molecule has 0 saturated heterocycles. The van der Waals surface area contributed by atoms with E-state index in [1.807, 2.05) is 32.0 Å². The van der Waals surface area contributed by atoms with Gasteiger partial charge in [-0.3, -0.25) is 14.4 Å². The Hall–Kier alpha value is -4.67. The molecule has 0 spiro atoms. The highest BCUT2D eigenvalue weighted by Gasteiger charge is 2.32. The SMILES string of the molecule is CNC(=O)c1ccc(-n2c(NC(C)c3ccc4nc[nH]c4c3)nc3c(c2=O)C[C@@H](C)N(C(=O)c2ccc(Cl)c(Cl)c2)C3)cc1. The second kappa shape index (κ2) is 11.8. The molecular formula is C32H29Cl2N7O3. The lowest BCUT2D eigenvalue weighted by molar-refractivity contribution is 0.0653. The van der Waals surface area contributed by atoms with Gasteiger partial charge in [-0.15, -0.1) is 0 Å². The van der Waals surface area contributed by atoms with Crippen molar-refractivity contribution < 1.29 is 9.59 Å². The highest BCUT2D eigenvalue weighted by molar-refractivity contribution is 6.42. The summed E-state index contributed by atoms with van der Waals surface area (Å²) in [6.45, 7) is 4.02. The predicted molar refractivity (Wildman–Crippen MR) is 171 cm³/mol. The Labute approximate surface area is 263 Å². The van der Waals surface area contributed by atoms with Gasteiger partial charge in [0, 0.05) is 29.8 Å². The number of nitrogens with one attached hydrogen (secondary N) is 3. The molecule has 12 heteroatoms. The second-order valence-corrected chi connectivity index (χ2v) is 11.6. The first-order valence-electron chi connectivity index (χ1n) is 14.1. The van der Waals surface area contributed by atoms with Crippen molar-refractivity contribution in [3.63, 3.8) is 0 Å². The van der Waals surface area contributed by atoms with Crippen LogP contribution in [0.5, 0.6) is 0 Å². The number of aromatic nitrogens is 4. The third-order valence-electron chi connectivity index (χ3n) is 7.95. The fourth-order valence-electron chi connectivity index (χ4n) is 5.47. The summed E-state index contributed by atoms with van der Waals surface area (Å²) in [7, 11) is 1.56. The monoisotopic (exact) mass is 629 g/mol. The number of fused-ring (bicyclic) bond motifs is 2. The van der Waals surface area contributed by atoms with Crippen LogP contribution < -0.4 is 16.2 Å². The number of carbonyl (C=O) groups is 2. The Balaban J connectivity index is 1.41. The van der Waals surface area contributed by atoms with Crippen molar-refractivity contribution in [1.82, 2.24) is 29.7 Å². The zero-order valence-electron chi connectivity index (χ0n) is 24.2. The van der Waals surface area contributed by atoms with E-state index in [9.17, 15) is 14.4 Å². The fraction of sp³-hybridized carbons (Fsp3) is 0.219. The fourth-order valence-corrected chi connectivity index (χ4v) is 5.77. The van der Waals surface area contributed by atoms with Crippen LogP contribution in [0.25, 0.3) is 16.7 Å². The molecule has 3 aromatic carbocycles. The quantitative estimate of drug-likeness (QED) is 0.227. The minimum absolute atomic E-state index is 0.143. The molecule has 1 unspecified atom stereocenters. The van der Waals surface area contributed by atoms with Crippen molar-refractivity contribution >= 4 is 52.0 Å². The van der Waals surface area contributed by atoms with Gasteiger partial charge in [0.1, 0.15) is 0 Å². The van der Waals surface area contributed by atoms with E-state index in [0.29, 0.717) is 50.5 Å². The van der Waals surface area contributed by atoms with Gasteiger partial charge < -0.3 is 20.5 Å². The third-order valence-corrected chi connectivity index (χ3v) is 8.69. The van der Waals surface area contributed by atoms with Crippen LogP contribution in [0.3, 0.4) is 0 Å². The van der Waals surface area contributed by atoms with Gasteiger partial charge in [0.15, 0.2) is 0 Å². The first-order valence-corrected chi connectivity index (χ1v) is 14.8. The average molecular weight is 631 g/mol. The van der Waals surface area contributed by atoms with Gasteiger partial charge in [-0.1, -0.05) is 29.3 Å². The van der Waals surface area contributed by atoms with Crippen LogP contribution in [0.1, 0.15) is 57.4 Å². The number of carbonyl (C=O) groups excluding carboxylic acids is 2. The summed E-state index contributed by atoms with van der Waals surface area (Å²) in [6.07, 6.45) is 1.96. The van der Waals surface area contributed by atoms with Crippen molar-refractivity contribution in [2.75, 3.05) is 12.4 Å². The molecule has 0 aliphatic carbocycles. The number of aromatic amines is 1. The van der Waals surface area contributed by atoms with Crippen LogP contribution in [0.15, 0.2) is 71.8 Å². The number of imidazole rings is 1. The first-order chi connectivity index (χ1) is 21.1. The second-order valence-electron chi connectivity index (χ2n) is 10.8. The van der Waals surface area contributed by atoms with Gasteiger partial charge >= 0.3 is 0 Å². The maximum absolute atomic E-state index is 14.2. The van der Waals surface area contributed by atoms with E-state index in [1.165, 1.54) is 4.57 Å². The Bertz CT molecular complexity index is 1970. The van der Waals surface area contributed by atoms with Crippen molar-refractivity contribution in [2.24, 2.45) is 0 Å². The van der Waals surface area contributed by atoms with E-state index in [-0.39, 0.29) is 36.0 Å². The number of hydrogen-bond donors (Lipinski definition) is 3.